The van der Waals surface area contributed by atoms with E-state index < -0.39 is 0 Å². The van der Waals surface area contributed by atoms with E-state index in [2.05, 4.69) is 37.8 Å². The van der Waals surface area contributed by atoms with Gasteiger partial charge in [0.2, 0.25) is 5.89 Å². The molecule has 0 unspecified atom stereocenters. The number of piperidine rings is 1. The van der Waals surface area contributed by atoms with Gasteiger partial charge in [-0.15, -0.1) is 0 Å². The molecule has 1 aliphatic rings. The summed E-state index contributed by atoms with van der Waals surface area (Å²) < 4.78 is 5.49. The van der Waals surface area contributed by atoms with Crippen molar-refractivity contribution in [3.05, 3.63) is 77.9 Å². The van der Waals surface area contributed by atoms with E-state index in [4.69, 9.17) is 4.52 Å². The summed E-state index contributed by atoms with van der Waals surface area (Å²) in [5.74, 6) is 1.33. The van der Waals surface area contributed by atoms with Gasteiger partial charge in [0.05, 0.1) is 6.54 Å². The topological polar surface area (TPSA) is 83.3 Å². The van der Waals surface area contributed by atoms with Crippen LogP contribution >= 0.6 is 0 Å². The van der Waals surface area contributed by atoms with Gasteiger partial charge in [0.1, 0.15) is 0 Å². The van der Waals surface area contributed by atoms with Crippen LogP contribution in [-0.4, -0.2) is 40.2 Å². The zero-order valence-corrected chi connectivity index (χ0v) is 17.0. The van der Waals surface area contributed by atoms with E-state index in [0.29, 0.717) is 31.2 Å². The minimum atomic E-state index is -0.185. The van der Waals surface area contributed by atoms with Crippen molar-refractivity contribution in [2.24, 2.45) is 0 Å². The van der Waals surface area contributed by atoms with Crippen molar-refractivity contribution in [3.8, 4) is 0 Å². The van der Waals surface area contributed by atoms with E-state index in [-0.39, 0.29) is 12.1 Å². The SMILES string of the molecule is O=C(NC[C@@H]1CCCCN1Cc1nc(Cc2ccccc2)no1)Nc1ccccc1. The van der Waals surface area contributed by atoms with E-state index in [0.717, 1.165) is 37.1 Å². The van der Waals surface area contributed by atoms with Crippen LogP contribution in [0.25, 0.3) is 0 Å². The second-order valence-electron chi connectivity index (χ2n) is 7.59. The average Bonchev–Trinajstić information content (AvgIpc) is 3.21. The number of nitrogens with one attached hydrogen (secondary N) is 2. The Morgan fingerprint density at radius 1 is 1.07 bits per heavy atom. The molecule has 0 bridgehead atoms. The number of likely N-dealkylation sites (tertiary alicyclic amines) is 1. The van der Waals surface area contributed by atoms with Crippen molar-refractivity contribution in [2.45, 2.75) is 38.3 Å². The van der Waals surface area contributed by atoms with Crippen molar-refractivity contribution < 1.29 is 9.32 Å². The minimum absolute atomic E-state index is 0.185. The lowest BCUT2D eigenvalue weighted by Crippen LogP contribution is -2.47. The Morgan fingerprint density at radius 2 is 1.83 bits per heavy atom. The average molecular weight is 406 g/mol. The molecule has 0 spiro atoms. The number of carbonyl (C=O) groups is 1. The van der Waals surface area contributed by atoms with Crippen molar-refractivity contribution >= 4 is 11.7 Å². The van der Waals surface area contributed by atoms with Crippen LogP contribution < -0.4 is 10.6 Å². The predicted octanol–water partition coefficient (Wildman–Crippen LogP) is 3.84. The number of carbonyl (C=O) groups excluding carboxylic acids is 1. The number of para-hydroxylation sites is 1. The quantitative estimate of drug-likeness (QED) is 0.624. The molecule has 2 heterocycles. The molecule has 2 aromatic carbocycles. The normalized spacial score (nSPS) is 16.9. The van der Waals surface area contributed by atoms with E-state index in [1.807, 2.05) is 48.5 Å². The van der Waals surface area contributed by atoms with Crippen LogP contribution in [0.2, 0.25) is 0 Å². The van der Waals surface area contributed by atoms with Crippen molar-refractivity contribution in [2.75, 3.05) is 18.4 Å². The van der Waals surface area contributed by atoms with Gasteiger partial charge < -0.3 is 15.2 Å². The van der Waals surface area contributed by atoms with Crippen LogP contribution in [0.1, 0.15) is 36.5 Å². The number of hydrogen-bond acceptors (Lipinski definition) is 5. The number of urea groups is 1. The maximum absolute atomic E-state index is 12.2. The molecule has 1 fully saturated rings. The molecule has 1 saturated heterocycles. The number of aromatic nitrogens is 2. The fourth-order valence-electron chi connectivity index (χ4n) is 3.78. The summed E-state index contributed by atoms with van der Waals surface area (Å²) in [6, 6.07) is 19.7. The summed E-state index contributed by atoms with van der Waals surface area (Å²) in [6.07, 6.45) is 4.00. The first kappa shape index (κ1) is 20.1. The second kappa shape index (κ2) is 10.0. The highest BCUT2D eigenvalue weighted by Crippen LogP contribution is 2.19. The van der Waals surface area contributed by atoms with Crippen LogP contribution in [0.3, 0.4) is 0 Å². The van der Waals surface area contributed by atoms with E-state index in [9.17, 15) is 4.79 Å². The molecule has 0 radical (unpaired) electrons. The molecule has 4 rings (SSSR count). The largest absolute Gasteiger partial charge is 0.338 e. The highest BCUT2D eigenvalue weighted by Gasteiger charge is 2.25. The first-order valence-electron chi connectivity index (χ1n) is 10.5. The van der Waals surface area contributed by atoms with Crippen LogP contribution in [0.5, 0.6) is 0 Å². The van der Waals surface area contributed by atoms with E-state index in [1.165, 1.54) is 0 Å². The Labute approximate surface area is 176 Å². The number of rotatable bonds is 7. The van der Waals surface area contributed by atoms with Crippen LogP contribution in [0.4, 0.5) is 10.5 Å². The summed E-state index contributed by atoms with van der Waals surface area (Å²) in [5.41, 5.74) is 1.95. The van der Waals surface area contributed by atoms with E-state index in [1.54, 1.807) is 0 Å². The highest BCUT2D eigenvalue weighted by atomic mass is 16.5. The summed E-state index contributed by atoms with van der Waals surface area (Å²) >= 11 is 0. The molecule has 1 aromatic heterocycles. The predicted molar refractivity (Wildman–Crippen MR) is 115 cm³/mol. The van der Waals surface area contributed by atoms with Gasteiger partial charge in [0.15, 0.2) is 5.82 Å². The Kier molecular flexibility index (Phi) is 6.72. The van der Waals surface area contributed by atoms with Crippen molar-refractivity contribution in [1.82, 2.24) is 20.4 Å². The van der Waals surface area contributed by atoms with Crippen LogP contribution in [0, 0.1) is 0 Å². The lowest BCUT2D eigenvalue weighted by molar-refractivity contribution is 0.123. The fraction of sp³-hybridized carbons (Fsp3) is 0.348. The monoisotopic (exact) mass is 405 g/mol. The zero-order valence-electron chi connectivity index (χ0n) is 17.0. The first-order valence-corrected chi connectivity index (χ1v) is 10.5. The molecule has 7 heteroatoms. The third-order valence-corrected chi connectivity index (χ3v) is 5.33. The van der Waals surface area contributed by atoms with Gasteiger partial charge in [0, 0.05) is 24.7 Å². The van der Waals surface area contributed by atoms with Crippen LogP contribution in [-0.2, 0) is 13.0 Å². The molecule has 3 aromatic rings. The molecule has 1 atom stereocenters. The molecule has 0 aliphatic carbocycles. The fourth-order valence-corrected chi connectivity index (χ4v) is 3.78. The number of hydrogen-bond donors (Lipinski definition) is 2. The Morgan fingerprint density at radius 3 is 2.63 bits per heavy atom. The van der Waals surface area contributed by atoms with E-state index >= 15 is 0 Å². The minimum Gasteiger partial charge on any atom is -0.338 e. The molecular weight excluding hydrogens is 378 g/mol. The number of amides is 2. The van der Waals surface area contributed by atoms with Crippen molar-refractivity contribution in [3.63, 3.8) is 0 Å². The van der Waals surface area contributed by atoms with Gasteiger partial charge in [0.25, 0.3) is 0 Å². The molecule has 156 valence electrons. The maximum atomic E-state index is 12.2. The Balaban J connectivity index is 1.30. The van der Waals surface area contributed by atoms with Gasteiger partial charge in [-0.3, -0.25) is 4.90 Å². The number of benzene rings is 2. The van der Waals surface area contributed by atoms with Gasteiger partial charge in [-0.2, -0.15) is 4.98 Å². The summed E-state index contributed by atoms with van der Waals surface area (Å²) in [6.45, 7) is 2.15. The molecule has 2 amide bonds. The third kappa shape index (κ3) is 5.67. The summed E-state index contributed by atoms with van der Waals surface area (Å²) in [5, 5.41) is 9.99. The van der Waals surface area contributed by atoms with Gasteiger partial charge in [-0.1, -0.05) is 60.1 Å². The maximum Gasteiger partial charge on any atom is 0.319 e. The molecule has 30 heavy (non-hydrogen) atoms. The molecule has 0 saturated carbocycles. The second-order valence-corrected chi connectivity index (χ2v) is 7.59. The molecule has 7 nitrogen and oxygen atoms in total. The number of nitrogens with zero attached hydrogens (tertiary/aromatic N) is 3. The Hall–Kier alpha value is -3.19. The Bertz CT molecular complexity index is 929. The first-order chi connectivity index (χ1) is 14.8. The van der Waals surface area contributed by atoms with Gasteiger partial charge in [-0.05, 0) is 37.1 Å². The summed E-state index contributed by atoms with van der Waals surface area (Å²) in [7, 11) is 0. The standard InChI is InChI=1S/C23H27N5O2/c29-23(25-19-11-5-2-6-12-19)24-16-20-13-7-8-14-28(20)17-22-26-21(27-30-22)15-18-9-3-1-4-10-18/h1-6,9-12,20H,7-8,13-17H2,(H2,24,25,29)/t20-/m0/s1. The third-order valence-electron chi connectivity index (χ3n) is 5.33. The van der Waals surface area contributed by atoms with Gasteiger partial charge in [-0.25, -0.2) is 4.79 Å². The smallest absolute Gasteiger partial charge is 0.319 e. The van der Waals surface area contributed by atoms with Crippen LogP contribution in [0.15, 0.2) is 65.2 Å². The van der Waals surface area contributed by atoms with Gasteiger partial charge >= 0.3 is 6.03 Å². The number of anilines is 1. The summed E-state index contributed by atoms with van der Waals surface area (Å²) in [4.78, 5) is 19.1. The molecule has 2 N–H and O–H groups in total. The molecule has 1 aliphatic heterocycles. The van der Waals surface area contributed by atoms with Crippen molar-refractivity contribution in [1.29, 1.82) is 0 Å². The molecular formula is C23H27N5O2. The lowest BCUT2D eigenvalue weighted by atomic mass is 10.0. The lowest BCUT2D eigenvalue weighted by Gasteiger charge is -2.34. The highest BCUT2D eigenvalue weighted by molar-refractivity contribution is 5.89. The zero-order chi connectivity index (χ0) is 20.6.